The first kappa shape index (κ1) is 16.5. The Balaban J connectivity index is 0.00000156. The van der Waals surface area contributed by atoms with E-state index in [2.05, 4.69) is 60.4 Å². The van der Waals surface area contributed by atoms with E-state index in [-0.39, 0.29) is 18.4 Å². The molecule has 0 aromatic heterocycles. The van der Waals surface area contributed by atoms with Crippen LogP contribution in [-0.2, 0) is 0 Å². The summed E-state index contributed by atoms with van der Waals surface area (Å²) in [5.74, 6) is 0.619. The van der Waals surface area contributed by atoms with Crippen molar-refractivity contribution in [3.63, 3.8) is 0 Å². The van der Waals surface area contributed by atoms with Gasteiger partial charge in [0, 0.05) is 12.6 Å². The Hall–Kier alpha value is -1.35. The van der Waals surface area contributed by atoms with E-state index < -0.39 is 0 Å². The first-order valence-corrected chi connectivity index (χ1v) is 8.43. The third kappa shape index (κ3) is 2.80. The van der Waals surface area contributed by atoms with Gasteiger partial charge in [-0.05, 0) is 54.5 Å². The fraction of sp³-hybridized carbons (Fsp3) is 0.400. The molecule has 3 heteroatoms. The maximum absolute atomic E-state index is 6.19. The van der Waals surface area contributed by atoms with Gasteiger partial charge in [-0.25, -0.2) is 0 Å². The van der Waals surface area contributed by atoms with Gasteiger partial charge in [-0.1, -0.05) is 48.5 Å². The summed E-state index contributed by atoms with van der Waals surface area (Å²) in [7, 11) is 0. The molecule has 23 heavy (non-hydrogen) atoms. The Morgan fingerprint density at radius 1 is 1.00 bits per heavy atom. The number of halogens is 1. The van der Waals surface area contributed by atoms with E-state index in [0.29, 0.717) is 12.0 Å². The minimum atomic E-state index is 0. The summed E-state index contributed by atoms with van der Waals surface area (Å²) in [6.07, 6.45) is 2.53. The van der Waals surface area contributed by atoms with Gasteiger partial charge in [0.1, 0.15) is 0 Å². The molecule has 0 amide bonds. The number of nitrogens with two attached hydrogens (primary N) is 1. The van der Waals surface area contributed by atoms with Gasteiger partial charge in [0.15, 0.2) is 0 Å². The highest BCUT2D eigenvalue weighted by Gasteiger charge is 2.35. The fourth-order valence-electron chi connectivity index (χ4n) is 4.23. The summed E-state index contributed by atoms with van der Waals surface area (Å²) in [5, 5.41) is 0. The van der Waals surface area contributed by atoms with Crippen molar-refractivity contribution in [2.24, 2.45) is 11.7 Å². The molecule has 1 saturated heterocycles. The number of piperidine rings is 1. The van der Waals surface area contributed by atoms with E-state index in [0.717, 1.165) is 6.54 Å². The predicted octanol–water partition coefficient (Wildman–Crippen LogP) is 4.24. The third-order valence-corrected chi connectivity index (χ3v) is 5.40. The molecule has 2 aromatic rings. The van der Waals surface area contributed by atoms with E-state index in [1.54, 1.807) is 0 Å². The highest BCUT2D eigenvalue weighted by Crippen LogP contribution is 2.47. The van der Waals surface area contributed by atoms with Crippen molar-refractivity contribution in [2.45, 2.75) is 31.8 Å². The van der Waals surface area contributed by atoms with Crippen LogP contribution in [0.5, 0.6) is 0 Å². The molecule has 2 unspecified atom stereocenters. The number of nitrogens with zero attached hydrogens (tertiary/aromatic N) is 1. The Labute approximate surface area is 145 Å². The average molecular weight is 329 g/mol. The van der Waals surface area contributed by atoms with Crippen LogP contribution >= 0.6 is 12.4 Å². The van der Waals surface area contributed by atoms with Crippen LogP contribution in [0, 0.1) is 5.92 Å². The van der Waals surface area contributed by atoms with Gasteiger partial charge in [-0.15, -0.1) is 12.4 Å². The number of likely N-dealkylation sites (tertiary alicyclic amines) is 1. The second-order valence-corrected chi connectivity index (χ2v) is 6.83. The van der Waals surface area contributed by atoms with Crippen molar-refractivity contribution in [3.8, 4) is 11.1 Å². The van der Waals surface area contributed by atoms with Crippen molar-refractivity contribution in [2.75, 3.05) is 13.1 Å². The Morgan fingerprint density at radius 3 is 2.13 bits per heavy atom. The summed E-state index contributed by atoms with van der Waals surface area (Å²) in [5.41, 5.74) is 11.9. The lowest BCUT2D eigenvalue weighted by Crippen LogP contribution is -2.43. The molecular weight excluding hydrogens is 304 g/mol. The molecule has 122 valence electrons. The molecule has 2 atom stereocenters. The van der Waals surface area contributed by atoms with Gasteiger partial charge in [-0.3, -0.25) is 4.90 Å². The van der Waals surface area contributed by atoms with Crippen molar-refractivity contribution in [1.29, 1.82) is 0 Å². The van der Waals surface area contributed by atoms with Gasteiger partial charge in [0.05, 0.1) is 6.04 Å². The van der Waals surface area contributed by atoms with E-state index in [9.17, 15) is 0 Å². The van der Waals surface area contributed by atoms with Gasteiger partial charge in [0.25, 0.3) is 0 Å². The molecule has 0 bridgehead atoms. The number of hydrogen-bond acceptors (Lipinski definition) is 2. The number of hydrogen-bond donors (Lipinski definition) is 1. The SMILES string of the molecule is CC(N)C1CCCN(C2c3ccccc3-c3ccccc32)C1.Cl. The summed E-state index contributed by atoms with van der Waals surface area (Å²) in [4.78, 5) is 2.65. The van der Waals surface area contributed by atoms with E-state index in [1.165, 1.54) is 41.6 Å². The smallest absolute Gasteiger partial charge is 0.0614 e. The molecule has 1 aliphatic carbocycles. The standard InChI is InChI=1S/C20H24N2.ClH/c1-14(21)15-7-6-12-22(13-15)20-18-10-4-2-8-16(18)17-9-3-5-11-19(17)20;/h2-5,8-11,14-15,20H,6-7,12-13,21H2,1H3;1H. The molecule has 1 heterocycles. The molecule has 2 aromatic carbocycles. The first-order chi connectivity index (χ1) is 10.8. The molecule has 1 aliphatic heterocycles. The second-order valence-electron chi connectivity index (χ2n) is 6.83. The molecule has 0 radical (unpaired) electrons. The highest BCUT2D eigenvalue weighted by molar-refractivity contribution is 5.85. The molecule has 4 rings (SSSR count). The predicted molar refractivity (Wildman–Crippen MR) is 98.9 cm³/mol. The van der Waals surface area contributed by atoms with Crippen LogP contribution in [0.25, 0.3) is 11.1 Å². The van der Waals surface area contributed by atoms with Gasteiger partial charge < -0.3 is 5.73 Å². The van der Waals surface area contributed by atoms with Crippen LogP contribution in [-0.4, -0.2) is 24.0 Å². The topological polar surface area (TPSA) is 29.3 Å². The zero-order valence-corrected chi connectivity index (χ0v) is 14.4. The van der Waals surface area contributed by atoms with Crippen LogP contribution in [0.1, 0.15) is 36.9 Å². The van der Waals surface area contributed by atoms with Crippen LogP contribution in [0.15, 0.2) is 48.5 Å². The molecular formula is C20H25ClN2. The van der Waals surface area contributed by atoms with Crippen molar-refractivity contribution in [1.82, 2.24) is 4.90 Å². The molecule has 2 nitrogen and oxygen atoms in total. The van der Waals surface area contributed by atoms with Crippen LogP contribution < -0.4 is 5.73 Å². The summed E-state index contributed by atoms with van der Waals surface area (Å²) in [6.45, 7) is 4.45. The van der Waals surface area contributed by atoms with Crippen LogP contribution in [0.3, 0.4) is 0 Å². The summed E-state index contributed by atoms with van der Waals surface area (Å²) in [6, 6.07) is 18.5. The van der Waals surface area contributed by atoms with Crippen molar-refractivity contribution in [3.05, 3.63) is 59.7 Å². The van der Waals surface area contributed by atoms with Gasteiger partial charge in [0.2, 0.25) is 0 Å². The Bertz CT molecular complexity index is 637. The number of fused-ring (bicyclic) bond motifs is 3. The highest BCUT2D eigenvalue weighted by atomic mass is 35.5. The van der Waals surface area contributed by atoms with E-state index in [1.807, 2.05) is 0 Å². The largest absolute Gasteiger partial charge is 0.328 e. The quantitative estimate of drug-likeness (QED) is 0.893. The van der Waals surface area contributed by atoms with Crippen LogP contribution in [0.4, 0.5) is 0 Å². The minimum Gasteiger partial charge on any atom is -0.328 e. The summed E-state index contributed by atoms with van der Waals surface area (Å²) < 4.78 is 0. The lowest BCUT2D eigenvalue weighted by atomic mass is 9.90. The maximum Gasteiger partial charge on any atom is 0.0614 e. The molecule has 0 saturated carbocycles. The normalized spacial score (nSPS) is 22.1. The molecule has 2 N–H and O–H groups in total. The second kappa shape index (κ2) is 6.64. The third-order valence-electron chi connectivity index (χ3n) is 5.40. The fourth-order valence-corrected chi connectivity index (χ4v) is 4.23. The molecule has 2 aliphatic rings. The van der Waals surface area contributed by atoms with Gasteiger partial charge in [-0.2, -0.15) is 0 Å². The Morgan fingerprint density at radius 2 is 1.57 bits per heavy atom. The van der Waals surface area contributed by atoms with E-state index in [4.69, 9.17) is 5.73 Å². The first-order valence-electron chi connectivity index (χ1n) is 8.43. The zero-order chi connectivity index (χ0) is 15.1. The van der Waals surface area contributed by atoms with Crippen LogP contribution in [0.2, 0.25) is 0 Å². The van der Waals surface area contributed by atoms with Crippen molar-refractivity contribution >= 4 is 12.4 Å². The monoisotopic (exact) mass is 328 g/mol. The zero-order valence-electron chi connectivity index (χ0n) is 13.6. The lowest BCUT2D eigenvalue weighted by Gasteiger charge is -2.39. The lowest BCUT2D eigenvalue weighted by molar-refractivity contribution is 0.132. The molecule has 0 spiro atoms. The summed E-state index contributed by atoms with van der Waals surface area (Å²) >= 11 is 0. The maximum atomic E-state index is 6.19. The Kier molecular flexibility index (Phi) is 4.77. The minimum absolute atomic E-state index is 0. The number of rotatable bonds is 2. The average Bonchev–Trinajstić information content (AvgIpc) is 2.89. The van der Waals surface area contributed by atoms with Crippen molar-refractivity contribution < 1.29 is 0 Å². The van der Waals surface area contributed by atoms with E-state index >= 15 is 0 Å². The van der Waals surface area contributed by atoms with Gasteiger partial charge >= 0.3 is 0 Å². The number of benzene rings is 2. The molecule has 1 fully saturated rings.